The minimum atomic E-state index is -0.242. The Bertz CT molecular complexity index is 622. The van der Waals surface area contributed by atoms with Gasteiger partial charge in [-0.05, 0) is 36.1 Å². The first-order chi connectivity index (χ1) is 9.25. The molecule has 2 heterocycles. The number of aryl methyl sites for hydroxylation is 1. The van der Waals surface area contributed by atoms with Crippen LogP contribution in [0.1, 0.15) is 33.1 Å². The molecule has 0 spiro atoms. The van der Waals surface area contributed by atoms with E-state index in [1.54, 1.807) is 12.4 Å². The Balaban J connectivity index is 1.98. The van der Waals surface area contributed by atoms with Gasteiger partial charge in [-0.3, -0.25) is 9.78 Å². The van der Waals surface area contributed by atoms with Crippen LogP contribution >= 0.6 is 0 Å². The molecule has 19 heavy (non-hydrogen) atoms. The van der Waals surface area contributed by atoms with Gasteiger partial charge in [0.2, 0.25) is 0 Å². The highest BCUT2D eigenvalue weighted by molar-refractivity contribution is 6.00. The normalized spacial score (nSPS) is 17.8. The van der Waals surface area contributed by atoms with Gasteiger partial charge in [0.25, 0.3) is 0 Å². The third-order valence-electron chi connectivity index (χ3n) is 3.53. The van der Waals surface area contributed by atoms with Gasteiger partial charge in [-0.2, -0.15) is 0 Å². The molecule has 1 aliphatic heterocycles. The standard InChI is InChI=1S/C16H16N2O/c1-11-8-13(10-17-9-11)16(19)15-14-5-3-2-4-12(14)6-7-18-15/h2-5,8-10,15,18H,6-7H2,1H3. The summed E-state index contributed by atoms with van der Waals surface area (Å²) < 4.78 is 0. The number of benzene rings is 1. The molecule has 0 fully saturated rings. The summed E-state index contributed by atoms with van der Waals surface area (Å²) in [5.41, 5.74) is 4.05. The van der Waals surface area contributed by atoms with Gasteiger partial charge in [0.05, 0.1) is 6.04 Å². The first-order valence-electron chi connectivity index (χ1n) is 6.53. The highest BCUT2D eigenvalue weighted by atomic mass is 16.1. The molecule has 1 N–H and O–H groups in total. The van der Waals surface area contributed by atoms with Crippen molar-refractivity contribution in [3.63, 3.8) is 0 Å². The summed E-state index contributed by atoms with van der Waals surface area (Å²) in [6, 6.07) is 9.81. The molecule has 1 atom stereocenters. The minimum absolute atomic E-state index is 0.100. The highest BCUT2D eigenvalue weighted by Crippen LogP contribution is 2.25. The lowest BCUT2D eigenvalue weighted by Crippen LogP contribution is -2.35. The summed E-state index contributed by atoms with van der Waals surface area (Å²) in [4.78, 5) is 16.7. The maximum atomic E-state index is 12.6. The summed E-state index contributed by atoms with van der Waals surface area (Å²) in [6.45, 7) is 2.79. The molecule has 3 nitrogen and oxygen atoms in total. The van der Waals surface area contributed by atoms with Crippen molar-refractivity contribution in [1.29, 1.82) is 0 Å². The van der Waals surface area contributed by atoms with Crippen molar-refractivity contribution in [2.75, 3.05) is 6.54 Å². The van der Waals surface area contributed by atoms with Crippen molar-refractivity contribution >= 4 is 5.78 Å². The van der Waals surface area contributed by atoms with Crippen LogP contribution in [-0.2, 0) is 6.42 Å². The number of ketones is 1. The van der Waals surface area contributed by atoms with Crippen molar-refractivity contribution < 1.29 is 4.79 Å². The summed E-state index contributed by atoms with van der Waals surface area (Å²) in [5.74, 6) is 0.100. The van der Waals surface area contributed by atoms with Crippen LogP contribution in [0.25, 0.3) is 0 Å². The van der Waals surface area contributed by atoms with Gasteiger partial charge in [-0.1, -0.05) is 24.3 Å². The van der Waals surface area contributed by atoms with E-state index in [0.29, 0.717) is 5.56 Å². The van der Waals surface area contributed by atoms with Crippen molar-refractivity contribution in [2.45, 2.75) is 19.4 Å². The Morgan fingerprint density at radius 2 is 2.16 bits per heavy atom. The Kier molecular flexibility index (Phi) is 3.13. The molecule has 2 aromatic rings. The molecule has 3 heteroatoms. The molecular formula is C16H16N2O. The molecule has 1 aromatic heterocycles. The van der Waals surface area contributed by atoms with Gasteiger partial charge in [0.1, 0.15) is 0 Å². The smallest absolute Gasteiger partial charge is 0.185 e. The van der Waals surface area contributed by atoms with E-state index in [-0.39, 0.29) is 11.8 Å². The molecule has 3 rings (SSSR count). The SMILES string of the molecule is Cc1cncc(C(=O)C2NCCc3ccccc32)c1. The topological polar surface area (TPSA) is 42.0 Å². The predicted molar refractivity (Wildman–Crippen MR) is 74.2 cm³/mol. The highest BCUT2D eigenvalue weighted by Gasteiger charge is 2.26. The monoisotopic (exact) mass is 252 g/mol. The number of nitrogens with zero attached hydrogens (tertiary/aromatic N) is 1. The second kappa shape index (κ2) is 4.94. The zero-order chi connectivity index (χ0) is 13.2. The third-order valence-corrected chi connectivity index (χ3v) is 3.53. The lowest BCUT2D eigenvalue weighted by atomic mass is 9.90. The molecule has 1 aliphatic rings. The van der Waals surface area contributed by atoms with Crippen LogP contribution in [-0.4, -0.2) is 17.3 Å². The third kappa shape index (κ3) is 2.29. The molecule has 0 bridgehead atoms. The second-order valence-electron chi connectivity index (χ2n) is 4.95. The minimum Gasteiger partial charge on any atom is -0.303 e. The Hall–Kier alpha value is -2.00. The quantitative estimate of drug-likeness (QED) is 0.835. The number of hydrogen-bond donors (Lipinski definition) is 1. The van der Waals surface area contributed by atoms with Crippen LogP contribution in [0.15, 0.2) is 42.7 Å². The molecule has 0 saturated carbocycles. The molecule has 0 saturated heterocycles. The van der Waals surface area contributed by atoms with Crippen LogP contribution in [0, 0.1) is 6.92 Å². The van der Waals surface area contributed by atoms with Gasteiger partial charge in [-0.25, -0.2) is 0 Å². The first kappa shape index (κ1) is 12.1. The van der Waals surface area contributed by atoms with E-state index in [2.05, 4.69) is 16.4 Å². The zero-order valence-corrected chi connectivity index (χ0v) is 10.9. The van der Waals surface area contributed by atoms with Gasteiger partial charge in [0, 0.05) is 24.5 Å². The van der Waals surface area contributed by atoms with Crippen molar-refractivity contribution in [3.05, 3.63) is 65.0 Å². The number of fused-ring (bicyclic) bond motifs is 1. The van der Waals surface area contributed by atoms with E-state index in [4.69, 9.17) is 0 Å². The lowest BCUT2D eigenvalue weighted by molar-refractivity contribution is 0.0939. The fourth-order valence-corrected chi connectivity index (χ4v) is 2.59. The Labute approximate surface area is 112 Å². The number of aromatic nitrogens is 1. The van der Waals surface area contributed by atoms with Crippen LogP contribution < -0.4 is 5.32 Å². The van der Waals surface area contributed by atoms with Crippen molar-refractivity contribution in [1.82, 2.24) is 10.3 Å². The number of pyridine rings is 1. The molecule has 1 aromatic carbocycles. The van der Waals surface area contributed by atoms with E-state index in [0.717, 1.165) is 24.1 Å². The van der Waals surface area contributed by atoms with E-state index in [1.165, 1.54) is 5.56 Å². The predicted octanol–water partition coefficient (Wildman–Crippen LogP) is 2.46. The van der Waals surface area contributed by atoms with Gasteiger partial charge in [0.15, 0.2) is 5.78 Å². The van der Waals surface area contributed by atoms with Gasteiger partial charge < -0.3 is 5.32 Å². The lowest BCUT2D eigenvalue weighted by Gasteiger charge is -2.25. The van der Waals surface area contributed by atoms with E-state index >= 15 is 0 Å². The van der Waals surface area contributed by atoms with Crippen LogP contribution in [0.4, 0.5) is 0 Å². The summed E-state index contributed by atoms with van der Waals surface area (Å²) in [5, 5.41) is 3.32. The average molecular weight is 252 g/mol. The number of nitrogens with one attached hydrogen (secondary N) is 1. The largest absolute Gasteiger partial charge is 0.303 e. The number of hydrogen-bond acceptors (Lipinski definition) is 3. The molecule has 0 aliphatic carbocycles. The van der Waals surface area contributed by atoms with Crippen LogP contribution in [0.3, 0.4) is 0 Å². The summed E-state index contributed by atoms with van der Waals surface area (Å²) >= 11 is 0. The fraction of sp³-hybridized carbons (Fsp3) is 0.250. The average Bonchev–Trinajstić information content (AvgIpc) is 2.46. The van der Waals surface area contributed by atoms with E-state index < -0.39 is 0 Å². The van der Waals surface area contributed by atoms with Crippen molar-refractivity contribution in [2.24, 2.45) is 0 Å². The Morgan fingerprint density at radius 1 is 1.32 bits per heavy atom. The first-order valence-corrected chi connectivity index (χ1v) is 6.53. The molecule has 1 unspecified atom stereocenters. The molecule has 0 radical (unpaired) electrons. The second-order valence-corrected chi connectivity index (χ2v) is 4.95. The number of carbonyl (C=O) groups excluding carboxylic acids is 1. The van der Waals surface area contributed by atoms with E-state index in [9.17, 15) is 4.79 Å². The number of Topliss-reactive ketones (excluding diaryl/α,β-unsaturated/α-hetero) is 1. The number of rotatable bonds is 2. The molecule has 0 amide bonds. The van der Waals surface area contributed by atoms with Gasteiger partial charge >= 0.3 is 0 Å². The summed E-state index contributed by atoms with van der Waals surface area (Å²) in [7, 11) is 0. The van der Waals surface area contributed by atoms with Crippen LogP contribution in [0.5, 0.6) is 0 Å². The molecular weight excluding hydrogens is 236 g/mol. The van der Waals surface area contributed by atoms with E-state index in [1.807, 2.05) is 31.2 Å². The van der Waals surface area contributed by atoms with Crippen molar-refractivity contribution in [3.8, 4) is 0 Å². The van der Waals surface area contributed by atoms with Crippen LogP contribution in [0.2, 0.25) is 0 Å². The summed E-state index contributed by atoms with van der Waals surface area (Å²) in [6.07, 6.45) is 4.39. The Morgan fingerprint density at radius 3 is 3.00 bits per heavy atom. The zero-order valence-electron chi connectivity index (χ0n) is 10.9. The maximum Gasteiger partial charge on any atom is 0.185 e. The number of carbonyl (C=O) groups is 1. The fourth-order valence-electron chi connectivity index (χ4n) is 2.59. The molecule has 96 valence electrons. The maximum absolute atomic E-state index is 12.6. The van der Waals surface area contributed by atoms with Gasteiger partial charge in [-0.15, -0.1) is 0 Å².